The molecule has 0 atom stereocenters. The largest absolute Gasteiger partial charge is 0.493 e. The Morgan fingerprint density at radius 1 is 1.20 bits per heavy atom. The number of ether oxygens (including phenoxy) is 2. The van der Waals surface area contributed by atoms with E-state index < -0.39 is 5.97 Å². The molecule has 2 aromatic rings. The molecule has 0 aromatic heterocycles. The number of methoxy groups -OCH3 is 1. The minimum atomic E-state index is -1.02. The van der Waals surface area contributed by atoms with Gasteiger partial charge in [-0.05, 0) is 67.6 Å². The number of thioether (sulfide) groups is 1. The summed E-state index contributed by atoms with van der Waals surface area (Å²) in [6, 6.07) is 11.8. The quantitative estimate of drug-likeness (QED) is 0.660. The van der Waals surface area contributed by atoms with E-state index in [0.29, 0.717) is 40.4 Å². The topological polar surface area (TPSA) is 88.4 Å². The van der Waals surface area contributed by atoms with E-state index in [9.17, 15) is 9.59 Å². The van der Waals surface area contributed by atoms with Crippen molar-refractivity contribution >= 4 is 40.6 Å². The fraction of sp³-hybridized carbons (Fsp3) is 0.227. The Balaban J connectivity index is 1.92. The molecule has 1 fully saturated rings. The van der Waals surface area contributed by atoms with Crippen LogP contribution in [-0.2, 0) is 4.79 Å². The van der Waals surface area contributed by atoms with Crippen molar-refractivity contribution in [1.29, 1.82) is 0 Å². The van der Waals surface area contributed by atoms with Crippen LogP contribution in [0.4, 0.5) is 5.69 Å². The van der Waals surface area contributed by atoms with Gasteiger partial charge >= 0.3 is 5.97 Å². The zero-order chi connectivity index (χ0) is 21.7. The summed E-state index contributed by atoms with van der Waals surface area (Å²) in [6.07, 6.45) is 1.78. The zero-order valence-corrected chi connectivity index (χ0v) is 17.7. The number of hydrogen-bond donors (Lipinski definition) is 1. The van der Waals surface area contributed by atoms with Gasteiger partial charge in [-0.1, -0.05) is 12.1 Å². The summed E-state index contributed by atoms with van der Waals surface area (Å²) in [6.45, 7) is 4.74. The predicted octanol–water partition coefficient (Wildman–Crippen LogP) is 4.42. The van der Waals surface area contributed by atoms with Gasteiger partial charge in [0.05, 0.1) is 29.9 Å². The molecule has 2 aromatic carbocycles. The van der Waals surface area contributed by atoms with Crippen LogP contribution < -0.4 is 9.47 Å². The van der Waals surface area contributed by atoms with Crippen LogP contribution in [0.3, 0.4) is 0 Å². The van der Waals surface area contributed by atoms with Crippen LogP contribution in [-0.4, -0.2) is 47.3 Å². The van der Waals surface area contributed by atoms with Crippen LogP contribution in [0.15, 0.2) is 52.4 Å². The molecule has 7 nitrogen and oxygen atoms in total. The molecular weight excluding hydrogens is 404 g/mol. The third kappa shape index (κ3) is 4.65. The number of amidine groups is 1. The lowest BCUT2D eigenvalue weighted by Gasteiger charge is -2.12. The molecule has 0 unspecified atom stereocenters. The zero-order valence-electron chi connectivity index (χ0n) is 16.9. The molecule has 3 rings (SSSR count). The van der Waals surface area contributed by atoms with Gasteiger partial charge in [0, 0.05) is 6.54 Å². The van der Waals surface area contributed by atoms with Crippen LogP contribution >= 0.6 is 11.8 Å². The van der Waals surface area contributed by atoms with Crippen LogP contribution in [0.5, 0.6) is 11.5 Å². The third-order valence-electron chi connectivity index (χ3n) is 4.31. The summed E-state index contributed by atoms with van der Waals surface area (Å²) >= 11 is 1.25. The highest BCUT2D eigenvalue weighted by Gasteiger charge is 2.32. The second-order valence-corrected chi connectivity index (χ2v) is 7.26. The minimum Gasteiger partial charge on any atom is -0.493 e. The molecule has 0 saturated carbocycles. The smallest absolute Gasteiger partial charge is 0.335 e. The van der Waals surface area contributed by atoms with Crippen molar-refractivity contribution in [3.8, 4) is 11.5 Å². The molecular formula is C22H22N2O5S. The van der Waals surface area contributed by atoms with E-state index in [-0.39, 0.29) is 11.5 Å². The van der Waals surface area contributed by atoms with Crippen molar-refractivity contribution < 1.29 is 24.2 Å². The van der Waals surface area contributed by atoms with Gasteiger partial charge in [-0.3, -0.25) is 9.69 Å². The van der Waals surface area contributed by atoms with Crippen LogP contribution in [0.2, 0.25) is 0 Å². The Labute approximate surface area is 179 Å². The Morgan fingerprint density at radius 3 is 2.67 bits per heavy atom. The maximum Gasteiger partial charge on any atom is 0.335 e. The first-order chi connectivity index (χ1) is 14.5. The molecule has 8 heteroatoms. The maximum absolute atomic E-state index is 12.8. The van der Waals surface area contributed by atoms with E-state index in [4.69, 9.17) is 14.6 Å². The molecule has 1 saturated heterocycles. The summed E-state index contributed by atoms with van der Waals surface area (Å²) in [5.74, 6) is 0.0599. The molecule has 0 aliphatic carbocycles. The lowest BCUT2D eigenvalue weighted by molar-refractivity contribution is -0.122. The first-order valence-corrected chi connectivity index (χ1v) is 10.2. The van der Waals surface area contributed by atoms with Gasteiger partial charge in [-0.15, -0.1) is 0 Å². The van der Waals surface area contributed by atoms with Crippen molar-refractivity contribution in [2.24, 2.45) is 4.99 Å². The molecule has 0 spiro atoms. The van der Waals surface area contributed by atoms with E-state index >= 15 is 0 Å². The molecule has 30 heavy (non-hydrogen) atoms. The Morgan fingerprint density at radius 2 is 2.00 bits per heavy atom. The number of carboxylic acid groups (broad SMARTS) is 1. The number of rotatable bonds is 7. The van der Waals surface area contributed by atoms with Crippen LogP contribution in [0, 0.1) is 0 Å². The van der Waals surface area contributed by atoms with Crippen molar-refractivity contribution in [2.45, 2.75) is 13.8 Å². The van der Waals surface area contributed by atoms with Crippen molar-refractivity contribution in [2.75, 3.05) is 20.3 Å². The molecule has 0 radical (unpaired) electrons. The first kappa shape index (κ1) is 21.4. The van der Waals surface area contributed by atoms with E-state index in [2.05, 4.69) is 4.99 Å². The van der Waals surface area contributed by atoms with Gasteiger partial charge in [0.2, 0.25) is 0 Å². The number of carbonyl (C=O) groups excluding carboxylic acids is 1. The monoisotopic (exact) mass is 426 g/mol. The highest BCUT2D eigenvalue weighted by Crippen LogP contribution is 2.35. The average molecular weight is 426 g/mol. The average Bonchev–Trinajstić information content (AvgIpc) is 3.03. The van der Waals surface area contributed by atoms with Gasteiger partial charge in [0.25, 0.3) is 5.91 Å². The van der Waals surface area contributed by atoms with Gasteiger partial charge in [0.15, 0.2) is 16.7 Å². The number of aromatic carboxylic acids is 1. The van der Waals surface area contributed by atoms with E-state index in [1.807, 2.05) is 32.0 Å². The molecule has 156 valence electrons. The molecule has 0 bridgehead atoms. The standard InChI is InChI=1S/C22H22N2O5S/c1-4-24-20(25)19(12-14-9-10-17(29-5-2)18(11-14)28-3)30-22(24)23-16-8-6-7-15(13-16)21(26)27/h6-13H,4-5H2,1-3H3,(H,26,27)/b19-12+,23-22?. The number of hydrogen-bond acceptors (Lipinski definition) is 6. The van der Waals surface area contributed by atoms with E-state index in [0.717, 1.165) is 5.56 Å². The normalized spacial score (nSPS) is 16.4. The van der Waals surface area contributed by atoms with Gasteiger partial charge in [-0.25, -0.2) is 9.79 Å². The summed E-state index contributed by atoms with van der Waals surface area (Å²) in [4.78, 5) is 30.6. The number of benzene rings is 2. The molecule has 1 amide bonds. The van der Waals surface area contributed by atoms with Crippen LogP contribution in [0.1, 0.15) is 29.8 Å². The van der Waals surface area contributed by atoms with Crippen molar-refractivity contribution in [1.82, 2.24) is 4.90 Å². The van der Waals surface area contributed by atoms with Gasteiger partial charge < -0.3 is 14.6 Å². The van der Waals surface area contributed by atoms with Gasteiger partial charge in [0.1, 0.15) is 0 Å². The fourth-order valence-electron chi connectivity index (χ4n) is 2.89. The predicted molar refractivity (Wildman–Crippen MR) is 118 cm³/mol. The second-order valence-electron chi connectivity index (χ2n) is 6.25. The summed E-state index contributed by atoms with van der Waals surface area (Å²) in [5.41, 5.74) is 1.43. The molecule has 1 aliphatic heterocycles. The third-order valence-corrected chi connectivity index (χ3v) is 5.31. The lowest BCUT2D eigenvalue weighted by atomic mass is 10.2. The SMILES string of the molecule is CCOc1ccc(/C=C2/SC(=Nc3cccc(C(=O)O)c3)N(CC)C2=O)cc1OC. The first-order valence-electron chi connectivity index (χ1n) is 9.41. The minimum absolute atomic E-state index is 0.145. The number of amides is 1. The highest BCUT2D eigenvalue weighted by molar-refractivity contribution is 8.18. The fourth-order valence-corrected chi connectivity index (χ4v) is 3.95. The Hall–Kier alpha value is -3.26. The number of aliphatic imine (C=N–C) groups is 1. The lowest BCUT2D eigenvalue weighted by Crippen LogP contribution is -2.28. The number of likely N-dealkylation sites (N-methyl/N-ethyl adjacent to an activating group) is 1. The van der Waals surface area contributed by atoms with Crippen molar-refractivity contribution in [3.63, 3.8) is 0 Å². The highest BCUT2D eigenvalue weighted by atomic mass is 32.2. The van der Waals surface area contributed by atoms with Crippen LogP contribution in [0.25, 0.3) is 6.08 Å². The second kappa shape index (κ2) is 9.49. The van der Waals surface area contributed by atoms with E-state index in [1.54, 1.807) is 30.2 Å². The number of nitrogens with zero attached hydrogens (tertiary/aromatic N) is 2. The molecule has 1 aliphatic rings. The Bertz CT molecular complexity index is 1030. The summed E-state index contributed by atoms with van der Waals surface area (Å²) in [7, 11) is 1.57. The molecule has 1 N–H and O–H groups in total. The summed E-state index contributed by atoms with van der Waals surface area (Å²) in [5, 5.41) is 9.67. The summed E-state index contributed by atoms with van der Waals surface area (Å²) < 4.78 is 10.9. The number of carboxylic acids is 1. The van der Waals surface area contributed by atoms with E-state index in [1.165, 1.54) is 23.9 Å². The maximum atomic E-state index is 12.8. The van der Waals surface area contributed by atoms with Crippen molar-refractivity contribution in [3.05, 3.63) is 58.5 Å². The Kier molecular flexibility index (Phi) is 6.79. The van der Waals surface area contributed by atoms with Gasteiger partial charge in [-0.2, -0.15) is 0 Å². The molecule has 1 heterocycles. The number of carbonyl (C=O) groups is 2.